The van der Waals surface area contributed by atoms with Crippen molar-refractivity contribution in [3.05, 3.63) is 41.6 Å². The van der Waals surface area contributed by atoms with Gasteiger partial charge in [0, 0.05) is 19.6 Å². The van der Waals surface area contributed by atoms with Crippen molar-refractivity contribution < 1.29 is 19.4 Å². The topological polar surface area (TPSA) is 76.8 Å². The van der Waals surface area contributed by atoms with Gasteiger partial charge in [0.25, 0.3) is 0 Å². The lowest BCUT2D eigenvalue weighted by atomic mass is 10.0. The first-order chi connectivity index (χ1) is 12.6. The first kappa shape index (κ1) is 18.4. The maximum Gasteiger partial charge on any atom is 0.342 e. The highest BCUT2D eigenvalue weighted by Crippen LogP contribution is 2.24. The largest absolute Gasteiger partial charge is 0.477 e. The van der Waals surface area contributed by atoms with Gasteiger partial charge in [-0.2, -0.15) is 5.10 Å². The second kappa shape index (κ2) is 8.33. The summed E-state index contributed by atoms with van der Waals surface area (Å²) in [6, 6.07) is 7.92. The number of carboxylic acids is 1. The number of ether oxygens (including phenoxy) is 2. The lowest BCUT2D eigenvalue weighted by Crippen LogP contribution is -2.38. The van der Waals surface area contributed by atoms with Crippen LogP contribution in [0, 0.1) is 0 Å². The molecule has 1 aliphatic heterocycles. The third-order valence-corrected chi connectivity index (χ3v) is 4.51. The molecule has 2 heterocycles. The van der Waals surface area contributed by atoms with Gasteiger partial charge in [-0.3, -0.25) is 4.90 Å². The van der Waals surface area contributed by atoms with E-state index >= 15 is 0 Å². The Bertz CT molecular complexity index is 734. The van der Waals surface area contributed by atoms with E-state index in [4.69, 9.17) is 9.47 Å². The fraction of sp³-hybridized carbons (Fsp3) is 0.474. The molecule has 1 aromatic carbocycles. The molecule has 0 bridgehead atoms. The summed E-state index contributed by atoms with van der Waals surface area (Å²) in [6.07, 6.45) is 1.34. The molecule has 26 heavy (non-hydrogen) atoms. The molecule has 3 rings (SSSR count). The zero-order valence-electron chi connectivity index (χ0n) is 15.2. The van der Waals surface area contributed by atoms with Crippen LogP contribution in [0.15, 0.2) is 30.5 Å². The van der Waals surface area contributed by atoms with Crippen molar-refractivity contribution in [3.63, 3.8) is 0 Å². The van der Waals surface area contributed by atoms with Crippen molar-refractivity contribution in [2.24, 2.45) is 0 Å². The molecule has 1 aliphatic rings. The number of hydrogen-bond donors (Lipinski definition) is 1. The number of aromatic nitrogens is 2. The van der Waals surface area contributed by atoms with E-state index in [1.807, 2.05) is 24.3 Å². The normalized spacial score (nSPS) is 15.3. The van der Waals surface area contributed by atoms with Crippen LogP contribution in [-0.4, -0.2) is 65.2 Å². The molecule has 1 N–H and O–H groups in total. The van der Waals surface area contributed by atoms with E-state index in [2.05, 4.69) is 23.8 Å². The highest BCUT2D eigenvalue weighted by atomic mass is 16.5. The van der Waals surface area contributed by atoms with Gasteiger partial charge in [0.15, 0.2) is 0 Å². The van der Waals surface area contributed by atoms with Crippen LogP contribution in [0.2, 0.25) is 0 Å². The van der Waals surface area contributed by atoms with Crippen LogP contribution in [0.3, 0.4) is 0 Å². The quantitative estimate of drug-likeness (QED) is 0.818. The molecule has 2 aromatic rings. The Morgan fingerprint density at radius 2 is 1.96 bits per heavy atom. The minimum absolute atomic E-state index is 0.0694. The summed E-state index contributed by atoms with van der Waals surface area (Å²) in [7, 11) is 0. The predicted octanol–water partition coefficient (Wildman–Crippen LogP) is 2.40. The smallest absolute Gasteiger partial charge is 0.342 e. The summed E-state index contributed by atoms with van der Waals surface area (Å²) in [4.78, 5) is 13.8. The van der Waals surface area contributed by atoms with Gasteiger partial charge in [-0.25, -0.2) is 9.48 Å². The molecule has 0 spiro atoms. The number of nitrogens with zero attached hydrogens (tertiary/aromatic N) is 3. The fourth-order valence-corrected chi connectivity index (χ4v) is 2.90. The molecular formula is C19H25N3O4. The number of morpholine rings is 1. The van der Waals surface area contributed by atoms with Crippen molar-refractivity contribution in [2.75, 3.05) is 39.5 Å². The summed E-state index contributed by atoms with van der Waals surface area (Å²) in [5.74, 6) is -0.347. The average Bonchev–Trinajstić information content (AvgIpc) is 3.07. The molecule has 1 fully saturated rings. The van der Waals surface area contributed by atoms with E-state index in [1.54, 1.807) is 4.68 Å². The van der Waals surface area contributed by atoms with Gasteiger partial charge >= 0.3 is 5.97 Å². The lowest BCUT2D eigenvalue weighted by Gasteiger charge is -2.26. The van der Waals surface area contributed by atoms with Crippen molar-refractivity contribution in [3.8, 4) is 11.6 Å². The van der Waals surface area contributed by atoms with Crippen LogP contribution in [0.4, 0.5) is 0 Å². The maximum absolute atomic E-state index is 11.5. The third-order valence-electron chi connectivity index (χ3n) is 4.51. The minimum atomic E-state index is -1.04. The molecule has 0 amide bonds. The van der Waals surface area contributed by atoms with E-state index in [0.29, 0.717) is 12.5 Å². The Morgan fingerprint density at radius 3 is 2.58 bits per heavy atom. The molecule has 140 valence electrons. The Kier molecular flexibility index (Phi) is 5.90. The zero-order valence-corrected chi connectivity index (χ0v) is 15.2. The Morgan fingerprint density at radius 1 is 1.27 bits per heavy atom. The van der Waals surface area contributed by atoms with Crippen molar-refractivity contribution in [1.82, 2.24) is 14.7 Å². The van der Waals surface area contributed by atoms with Crippen LogP contribution in [0.5, 0.6) is 5.88 Å². The number of carbonyl (C=O) groups is 1. The Hall–Kier alpha value is -2.38. The maximum atomic E-state index is 11.5. The first-order valence-corrected chi connectivity index (χ1v) is 8.91. The predicted molar refractivity (Wildman–Crippen MR) is 97.4 cm³/mol. The molecule has 0 saturated carbocycles. The summed E-state index contributed by atoms with van der Waals surface area (Å²) >= 11 is 0. The summed E-state index contributed by atoms with van der Waals surface area (Å²) in [5, 5.41) is 13.7. The number of carboxylic acid groups (broad SMARTS) is 1. The first-order valence-electron chi connectivity index (χ1n) is 8.91. The van der Waals surface area contributed by atoms with E-state index < -0.39 is 5.97 Å². The molecular weight excluding hydrogens is 334 g/mol. The molecule has 1 saturated heterocycles. The zero-order chi connectivity index (χ0) is 18.5. The van der Waals surface area contributed by atoms with Crippen LogP contribution >= 0.6 is 0 Å². The molecule has 0 aliphatic carbocycles. The molecule has 0 atom stereocenters. The summed E-state index contributed by atoms with van der Waals surface area (Å²) in [6.45, 7) is 8.56. The van der Waals surface area contributed by atoms with Gasteiger partial charge in [-0.1, -0.05) is 26.0 Å². The number of hydrogen-bond acceptors (Lipinski definition) is 5. The highest BCUT2D eigenvalue weighted by Gasteiger charge is 2.20. The van der Waals surface area contributed by atoms with Gasteiger partial charge in [-0.15, -0.1) is 0 Å². The molecule has 7 heteroatoms. The molecule has 1 aromatic heterocycles. The van der Waals surface area contributed by atoms with Gasteiger partial charge in [0.1, 0.15) is 12.2 Å². The molecule has 7 nitrogen and oxygen atoms in total. The van der Waals surface area contributed by atoms with Crippen LogP contribution in [0.25, 0.3) is 5.69 Å². The summed E-state index contributed by atoms with van der Waals surface area (Å²) in [5.41, 5.74) is 2.07. The van der Waals surface area contributed by atoms with Gasteiger partial charge in [-0.05, 0) is 23.6 Å². The van der Waals surface area contributed by atoms with Gasteiger partial charge in [0.05, 0.1) is 25.1 Å². The van der Waals surface area contributed by atoms with Crippen molar-refractivity contribution in [2.45, 2.75) is 19.8 Å². The van der Waals surface area contributed by atoms with Crippen LogP contribution in [-0.2, 0) is 4.74 Å². The van der Waals surface area contributed by atoms with Gasteiger partial charge in [0.2, 0.25) is 5.88 Å². The molecule has 0 radical (unpaired) electrons. The van der Waals surface area contributed by atoms with E-state index in [-0.39, 0.29) is 11.4 Å². The van der Waals surface area contributed by atoms with Crippen LogP contribution < -0.4 is 4.74 Å². The van der Waals surface area contributed by atoms with E-state index in [1.165, 1.54) is 11.8 Å². The van der Waals surface area contributed by atoms with Gasteiger partial charge < -0.3 is 14.6 Å². The standard InChI is InChI=1S/C19H25N3O4/c1-14(2)15-3-5-16(6-4-15)22-18(17(13-20-22)19(23)24)26-12-9-21-7-10-25-11-8-21/h3-6,13-14H,7-12H2,1-2H3,(H,23,24). The SMILES string of the molecule is CC(C)c1ccc(-n2ncc(C(=O)O)c2OCCN2CCOCC2)cc1. The van der Waals surface area contributed by atoms with Crippen LogP contribution in [0.1, 0.15) is 35.7 Å². The number of rotatable bonds is 7. The number of benzene rings is 1. The highest BCUT2D eigenvalue weighted by molar-refractivity contribution is 5.90. The lowest BCUT2D eigenvalue weighted by molar-refractivity contribution is 0.0317. The number of aromatic carboxylic acids is 1. The second-order valence-corrected chi connectivity index (χ2v) is 6.63. The minimum Gasteiger partial charge on any atom is -0.477 e. The third kappa shape index (κ3) is 4.23. The van der Waals surface area contributed by atoms with E-state index in [9.17, 15) is 9.90 Å². The summed E-state index contributed by atoms with van der Waals surface area (Å²) < 4.78 is 12.7. The average molecular weight is 359 g/mol. The second-order valence-electron chi connectivity index (χ2n) is 6.63. The Balaban J connectivity index is 1.76. The van der Waals surface area contributed by atoms with Crippen molar-refractivity contribution >= 4 is 5.97 Å². The fourth-order valence-electron chi connectivity index (χ4n) is 2.90. The molecule has 0 unspecified atom stereocenters. The Labute approximate surface area is 153 Å². The van der Waals surface area contributed by atoms with E-state index in [0.717, 1.165) is 38.5 Å². The monoisotopic (exact) mass is 359 g/mol. The van der Waals surface area contributed by atoms with Crippen molar-refractivity contribution in [1.29, 1.82) is 0 Å².